The Hall–Kier alpha value is -2.79. The number of benzene rings is 2. The molecule has 0 saturated carbocycles. The molecule has 0 aliphatic heterocycles. The third-order valence-electron chi connectivity index (χ3n) is 4.74. The van der Waals surface area contributed by atoms with E-state index < -0.39 is 0 Å². The zero-order valence-electron chi connectivity index (χ0n) is 17.0. The molecule has 0 fully saturated rings. The third kappa shape index (κ3) is 5.39. The molecule has 0 atom stereocenters. The van der Waals surface area contributed by atoms with Crippen LogP contribution in [0.3, 0.4) is 0 Å². The van der Waals surface area contributed by atoms with Gasteiger partial charge in [-0.25, -0.2) is 4.68 Å². The van der Waals surface area contributed by atoms with E-state index in [0.29, 0.717) is 24.6 Å². The van der Waals surface area contributed by atoms with E-state index in [2.05, 4.69) is 17.3 Å². The average molecular weight is 412 g/mol. The highest BCUT2D eigenvalue weighted by molar-refractivity contribution is 6.30. The summed E-state index contributed by atoms with van der Waals surface area (Å²) < 4.78 is 7.43. The zero-order valence-corrected chi connectivity index (χ0v) is 17.8. The van der Waals surface area contributed by atoms with Crippen molar-refractivity contribution in [1.82, 2.24) is 15.1 Å². The fourth-order valence-corrected chi connectivity index (χ4v) is 3.24. The Morgan fingerprint density at radius 3 is 2.45 bits per heavy atom. The van der Waals surface area contributed by atoms with E-state index in [9.17, 15) is 4.79 Å². The van der Waals surface area contributed by atoms with Crippen molar-refractivity contribution in [3.05, 3.63) is 76.1 Å². The molecule has 3 aromatic rings. The van der Waals surface area contributed by atoms with Crippen LogP contribution in [-0.2, 0) is 17.8 Å². The molecule has 5 nitrogen and oxygen atoms in total. The van der Waals surface area contributed by atoms with Gasteiger partial charge in [0.05, 0.1) is 24.4 Å². The van der Waals surface area contributed by atoms with E-state index >= 15 is 0 Å². The summed E-state index contributed by atoms with van der Waals surface area (Å²) >= 11 is 5.97. The lowest BCUT2D eigenvalue weighted by molar-refractivity contribution is -0.120. The summed E-state index contributed by atoms with van der Waals surface area (Å²) in [6.45, 7) is 7.17. The lowest BCUT2D eigenvalue weighted by atomic mass is 10.1. The SMILES string of the molecule is CCCOc1ccc(CNC(=O)Cc2c(C)nn(-c3ccc(Cl)cc3)c2C)cc1. The van der Waals surface area contributed by atoms with Crippen molar-refractivity contribution in [3.63, 3.8) is 0 Å². The molecule has 1 aromatic heterocycles. The van der Waals surface area contributed by atoms with Crippen LogP contribution < -0.4 is 10.1 Å². The topological polar surface area (TPSA) is 56.1 Å². The predicted molar refractivity (Wildman–Crippen MR) is 116 cm³/mol. The Labute approximate surface area is 176 Å². The fraction of sp³-hybridized carbons (Fsp3) is 0.304. The summed E-state index contributed by atoms with van der Waals surface area (Å²) in [5, 5.41) is 8.26. The van der Waals surface area contributed by atoms with Crippen molar-refractivity contribution in [2.24, 2.45) is 0 Å². The maximum atomic E-state index is 12.5. The number of ether oxygens (including phenoxy) is 1. The number of aromatic nitrogens is 2. The van der Waals surface area contributed by atoms with Crippen molar-refractivity contribution in [2.75, 3.05) is 6.61 Å². The highest BCUT2D eigenvalue weighted by Gasteiger charge is 2.16. The van der Waals surface area contributed by atoms with E-state index in [0.717, 1.165) is 40.4 Å². The fourth-order valence-electron chi connectivity index (χ4n) is 3.11. The maximum absolute atomic E-state index is 12.5. The molecule has 0 unspecified atom stereocenters. The number of nitrogens with one attached hydrogen (secondary N) is 1. The first-order valence-electron chi connectivity index (χ1n) is 9.77. The molecule has 0 spiro atoms. The second kappa shape index (κ2) is 9.61. The predicted octanol–water partition coefficient (Wildman–Crippen LogP) is 4.79. The van der Waals surface area contributed by atoms with Gasteiger partial charge in [0.2, 0.25) is 5.91 Å². The van der Waals surface area contributed by atoms with Gasteiger partial charge < -0.3 is 10.1 Å². The van der Waals surface area contributed by atoms with Gasteiger partial charge in [-0.2, -0.15) is 5.10 Å². The summed E-state index contributed by atoms with van der Waals surface area (Å²) in [6.07, 6.45) is 1.27. The molecule has 29 heavy (non-hydrogen) atoms. The lowest BCUT2D eigenvalue weighted by Gasteiger charge is -2.08. The van der Waals surface area contributed by atoms with Crippen molar-refractivity contribution in [2.45, 2.75) is 40.2 Å². The van der Waals surface area contributed by atoms with Gasteiger partial charge in [-0.1, -0.05) is 30.7 Å². The van der Waals surface area contributed by atoms with Gasteiger partial charge in [0.25, 0.3) is 0 Å². The number of carbonyl (C=O) groups excluding carboxylic acids is 1. The van der Waals surface area contributed by atoms with Gasteiger partial charge in [0, 0.05) is 22.8 Å². The Kier molecular flexibility index (Phi) is 6.94. The Morgan fingerprint density at radius 1 is 1.10 bits per heavy atom. The van der Waals surface area contributed by atoms with Gasteiger partial charge in [-0.05, 0) is 62.2 Å². The number of amides is 1. The molecular weight excluding hydrogens is 386 g/mol. The molecule has 0 aliphatic carbocycles. The van der Waals surface area contributed by atoms with Crippen LogP contribution in [0.5, 0.6) is 5.75 Å². The molecule has 6 heteroatoms. The van der Waals surface area contributed by atoms with Crippen molar-refractivity contribution in [3.8, 4) is 11.4 Å². The standard InChI is InChI=1S/C23H26ClN3O2/c1-4-13-29-21-11-5-18(6-12-21)15-25-23(28)14-22-16(2)26-27(17(22)3)20-9-7-19(24)8-10-20/h5-12H,4,13-15H2,1-3H3,(H,25,28). The molecule has 0 radical (unpaired) electrons. The summed E-state index contributed by atoms with van der Waals surface area (Å²) in [6, 6.07) is 15.3. The Balaban J connectivity index is 1.61. The second-order valence-corrected chi connectivity index (χ2v) is 7.42. The van der Waals surface area contributed by atoms with Crippen LogP contribution in [0, 0.1) is 13.8 Å². The van der Waals surface area contributed by atoms with Crippen LogP contribution in [0.4, 0.5) is 0 Å². The van der Waals surface area contributed by atoms with Crippen molar-refractivity contribution >= 4 is 17.5 Å². The number of halogens is 1. The van der Waals surface area contributed by atoms with Crippen LogP contribution in [0.1, 0.15) is 35.9 Å². The van der Waals surface area contributed by atoms with Gasteiger partial charge in [-0.3, -0.25) is 4.79 Å². The van der Waals surface area contributed by atoms with Crippen LogP contribution in [-0.4, -0.2) is 22.3 Å². The van der Waals surface area contributed by atoms with Crippen LogP contribution in [0.15, 0.2) is 48.5 Å². The Bertz CT molecular complexity index is 963. The Morgan fingerprint density at radius 2 is 1.79 bits per heavy atom. The van der Waals surface area contributed by atoms with Crippen LogP contribution in [0.25, 0.3) is 5.69 Å². The molecule has 152 valence electrons. The van der Waals surface area contributed by atoms with Gasteiger partial charge in [0.1, 0.15) is 5.75 Å². The number of carbonyl (C=O) groups is 1. The van der Waals surface area contributed by atoms with Gasteiger partial charge in [0.15, 0.2) is 0 Å². The molecule has 0 aliphatic rings. The summed E-state index contributed by atoms with van der Waals surface area (Å²) in [5.41, 5.74) is 4.71. The van der Waals surface area contributed by atoms with E-state index in [4.69, 9.17) is 16.3 Å². The zero-order chi connectivity index (χ0) is 20.8. The van der Waals surface area contributed by atoms with Crippen LogP contribution >= 0.6 is 11.6 Å². The minimum Gasteiger partial charge on any atom is -0.494 e. The highest BCUT2D eigenvalue weighted by atomic mass is 35.5. The normalized spacial score (nSPS) is 10.8. The first kappa shape index (κ1) is 20.9. The molecule has 1 heterocycles. The first-order chi connectivity index (χ1) is 14.0. The van der Waals surface area contributed by atoms with Gasteiger partial charge >= 0.3 is 0 Å². The molecule has 0 saturated heterocycles. The van der Waals surface area contributed by atoms with E-state index in [1.54, 1.807) is 0 Å². The number of rotatable bonds is 8. The molecule has 2 aromatic carbocycles. The summed E-state index contributed by atoms with van der Waals surface area (Å²) in [5.74, 6) is 0.820. The number of nitrogens with zero attached hydrogens (tertiary/aromatic N) is 2. The van der Waals surface area contributed by atoms with Crippen molar-refractivity contribution < 1.29 is 9.53 Å². The highest BCUT2D eigenvalue weighted by Crippen LogP contribution is 2.20. The third-order valence-corrected chi connectivity index (χ3v) is 4.99. The quantitative estimate of drug-likeness (QED) is 0.579. The monoisotopic (exact) mass is 411 g/mol. The summed E-state index contributed by atoms with van der Waals surface area (Å²) in [4.78, 5) is 12.5. The van der Waals surface area contributed by atoms with Crippen molar-refractivity contribution in [1.29, 1.82) is 0 Å². The van der Waals surface area contributed by atoms with Gasteiger partial charge in [-0.15, -0.1) is 0 Å². The number of hydrogen-bond donors (Lipinski definition) is 1. The molecule has 3 rings (SSSR count). The minimum atomic E-state index is -0.0295. The first-order valence-corrected chi connectivity index (χ1v) is 10.1. The lowest BCUT2D eigenvalue weighted by Crippen LogP contribution is -2.25. The molecule has 1 amide bonds. The number of hydrogen-bond acceptors (Lipinski definition) is 3. The average Bonchev–Trinajstić information content (AvgIpc) is 3.00. The minimum absolute atomic E-state index is 0.0295. The van der Waals surface area contributed by atoms with Crippen LogP contribution in [0.2, 0.25) is 5.02 Å². The number of aryl methyl sites for hydroxylation is 1. The second-order valence-electron chi connectivity index (χ2n) is 6.98. The largest absolute Gasteiger partial charge is 0.494 e. The van der Waals surface area contributed by atoms with E-state index in [1.165, 1.54) is 0 Å². The smallest absolute Gasteiger partial charge is 0.224 e. The molecule has 0 bridgehead atoms. The van der Waals surface area contributed by atoms with E-state index in [1.807, 2.05) is 67.1 Å². The molecule has 1 N–H and O–H groups in total. The maximum Gasteiger partial charge on any atom is 0.224 e. The summed E-state index contributed by atoms with van der Waals surface area (Å²) in [7, 11) is 0. The molecular formula is C23H26ClN3O2. The van der Waals surface area contributed by atoms with E-state index in [-0.39, 0.29) is 5.91 Å².